The van der Waals surface area contributed by atoms with Crippen molar-refractivity contribution in [1.82, 2.24) is 5.01 Å². The molecule has 7 nitrogen and oxygen atoms in total. The number of rotatable bonds is 6. The molecule has 2 aromatic rings. The van der Waals surface area contributed by atoms with Gasteiger partial charge in [0.15, 0.2) is 0 Å². The molecule has 3 rings (SSSR count). The molecule has 8 heteroatoms. The zero-order valence-corrected chi connectivity index (χ0v) is 16.5. The molecule has 2 heterocycles. The summed E-state index contributed by atoms with van der Waals surface area (Å²) in [6.45, 7) is 4.00. The van der Waals surface area contributed by atoms with Crippen LogP contribution in [0.2, 0.25) is 0 Å². The topological polar surface area (TPSA) is 99.1 Å². The summed E-state index contributed by atoms with van der Waals surface area (Å²) < 4.78 is 0. The summed E-state index contributed by atoms with van der Waals surface area (Å²) in [6, 6.07) is 9.41. The third kappa shape index (κ3) is 4.12. The van der Waals surface area contributed by atoms with E-state index in [1.54, 1.807) is 0 Å². The van der Waals surface area contributed by atoms with Gasteiger partial charge in [-0.1, -0.05) is 37.3 Å². The standard InChI is InChI=1S/C20H21N3O4S/c1-3-14-12(2)28-19(17(14)20(26)27)21-18(25)15-9-10-16(24)23(22-15)11-13-7-5-4-6-8-13/h4-8H,3,9-11H2,1-2H3,(H,21,25)(H,26,27). The molecule has 0 fully saturated rings. The zero-order chi connectivity index (χ0) is 20.3. The van der Waals surface area contributed by atoms with Crippen LogP contribution in [0.5, 0.6) is 0 Å². The summed E-state index contributed by atoms with van der Waals surface area (Å²) in [7, 11) is 0. The highest BCUT2D eigenvalue weighted by Crippen LogP contribution is 2.33. The van der Waals surface area contributed by atoms with E-state index in [0.717, 1.165) is 16.0 Å². The Balaban J connectivity index is 1.81. The number of benzene rings is 1. The Bertz CT molecular complexity index is 950. The summed E-state index contributed by atoms with van der Waals surface area (Å²) in [6.07, 6.45) is 0.984. The lowest BCUT2D eigenvalue weighted by atomic mass is 10.1. The van der Waals surface area contributed by atoms with Gasteiger partial charge in [0.05, 0.1) is 12.1 Å². The molecule has 0 aliphatic carbocycles. The number of nitrogens with zero attached hydrogens (tertiary/aromatic N) is 2. The summed E-state index contributed by atoms with van der Waals surface area (Å²) in [4.78, 5) is 37.4. The van der Waals surface area contributed by atoms with Gasteiger partial charge in [-0.15, -0.1) is 11.3 Å². The number of hydrogen-bond acceptors (Lipinski definition) is 5. The molecule has 1 aliphatic rings. The maximum absolute atomic E-state index is 12.7. The van der Waals surface area contributed by atoms with Crippen molar-refractivity contribution < 1.29 is 19.5 Å². The van der Waals surface area contributed by atoms with Gasteiger partial charge < -0.3 is 10.4 Å². The van der Waals surface area contributed by atoms with E-state index in [9.17, 15) is 19.5 Å². The predicted molar refractivity (Wildman–Crippen MR) is 108 cm³/mol. The number of aromatic carboxylic acids is 1. The van der Waals surface area contributed by atoms with Crippen molar-refractivity contribution in [3.63, 3.8) is 0 Å². The molecule has 0 unspecified atom stereocenters. The highest BCUT2D eigenvalue weighted by molar-refractivity contribution is 7.17. The van der Waals surface area contributed by atoms with Crippen molar-refractivity contribution in [3.8, 4) is 0 Å². The second-order valence-corrected chi connectivity index (χ2v) is 7.66. The summed E-state index contributed by atoms with van der Waals surface area (Å²) >= 11 is 1.24. The highest BCUT2D eigenvalue weighted by Gasteiger charge is 2.27. The van der Waals surface area contributed by atoms with Crippen molar-refractivity contribution in [2.75, 3.05) is 5.32 Å². The fourth-order valence-corrected chi connectivity index (χ4v) is 4.27. The van der Waals surface area contributed by atoms with E-state index in [-0.39, 0.29) is 36.6 Å². The highest BCUT2D eigenvalue weighted by atomic mass is 32.1. The average molecular weight is 399 g/mol. The maximum Gasteiger partial charge on any atom is 0.339 e. The zero-order valence-electron chi connectivity index (χ0n) is 15.7. The van der Waals surface area contributed by atoms with Gasteiger partial charge in [-0.2, -0.15) is 5.10 Å². The van der Waals surface area contributed by atoms with Gasteiger partial charge >= 0.3 is 5.97 Å². The van der Waals surface area contributed by atoms with Gasteiger partial charge in [0.25, 0.3) is 5.91 Å². The van der Waals surface area contributed by atoms with Crippen LogP contribution in [-0.4, -0.2) is 33.6 Å². The molecule has 0 radical (unpaired) electrons. The fraction of sp³-hybridized carbons (Fsp3) is 0.300. The minimum absolute atomic E-state index is 0.131. The number of carbonyl (C=O) groups is 3. The number of thiophene rings is 1. The van der Waals surface area contributed by atoms with Crippen LogP contribution in [0.4, 0.5) is 5.00 Å². The van der Waals surface area contributed by atoms with E-state index in [2.05, 4.69) is 10.4 Å². The van der Waals surface area contributed by atoms with Crippen molar-refractivity contribution in [3.05, 3.63) is 51.9 Å². The number of aryl methyl sites for hydroxylation is 1. The van der Waals surface area contributed by atoms with E-state index in [4.69, 9.17) is 0 Å². The van der Waals surface area contributed by atoms with Crippen molar-refractivity contribution >= 4 is 39.8 Å². The Morgan fingerprint density at radius 3 is 2.61 bits per heavy atom. The molecule has 1 aliphatic heterocycles. The quantitative estimate of drug-likeness (QED) is 0.777. The molecule has 1 aromatic carbocycles. The van der Waals surface area contributed by atoms with E-state index < -0.39 is 11.9 Å². The minimum atomic E-state index is -1.07. The smallest absolute Gasteiger partial charge is 0.339 e. The first-order valence-electron chi connectivity index (χ1n) is 8.99. The molecule has 0 bridgehead atoms. The lowest BCUT2D eigenvalue weighted by Crippen LogP contribution is -2.36. The summed E-state index contributed by atoms with van der Waals surface area (Å²) in [5.41, 5.74) is 1.98. The predicted octanol–water partition coefficient (Wildman–Crippen LogP) is 3.43. The maximum atomic E-state index is 12.7. The first-order chi connectivity index (χ1) is 13.4. The lowest BCUT2D eigenvalue weighted by Gasteiger charge is -2.23. The minimum Gasteiger partial charge on any atom is -0.478 e. The Morgan fingerprint density at radius 1 is 1.25 bits per heavy atom. The van der Waals surface area contributed by atoms with E-state index in [0.29, 0.717) is 11.4 Å². The SMILES string of the molecule is CCc1c(C)sc(NC(=O)C2=NN(Cc3ccccc3)C(=O)CC2)c1C(=O)O. The number of carboxylic acids is 1. The van der Waals surface area contributed by atoms with Crippen LogP contribution in [0.1, 0.15) is 46.1 Å². The molecule has 146 valence electrons. The monoisotopic (exact) mass is 399 g/mol. The van der Waals surface area contributed by atoms with Crippen molar-refractivity contribution in [2.45, 2.75) is 39.7 Å². The number of hydrogen-bond donors (Lipinski definition) is 2. The number of carbonyl (C=O) groups excluding carboxylic acids is 2. The Labute approximate surface area is 166 Å². The number of nitrogens with one attached hydrogen (secondary N) is 1. The van der Waals surface area contributed by atoms with Gasteiger partial charge in [0, 0.05) is 17.7 Å². The van der Waals surface area contributed by atoms with Gasteiger partial charge in [-0.3, -0.25) is 9.59 Å². The Hall–Kier alpha value is -3.00. The molecule has 0 spiro atoms. The van der Waals surface area contributed by atoms with E-state index in [1.165, 1.54) is 16.3 Å². The largest absolute Gasteiger partial charge is 0.478 e. The van der Waals surface area contributed by atoms with Crippen LogP contribution in [0, 0.1) is 6.92 Å². The van der Waals surface area contributed by atoms with Crippen LogP contribution in [0.3, 0.4) is 0 Å². The molecule has 1 aromatic heterocycles. The van der Waals surface area contributed by atoms with Gasteiger partial charge in [-0.25, -0.2) is 9.80 Å². The van der Waals surface area contributed by atoms with Gasteiger partial charge in [0.1, 0.15) is 10.7 Å². The molecule has 2 amide bonds. The number of anilines is 1. The second kappa shape index (κ2) is 8.35. The molecule has 0 saturated heterocycles. The second-order valence-electron chi connectivity index (χ2n) is 6.44. The van der Waals surface area contributed by atoms with E-state index in [1.807, 2.05) is 44.2 Å². The normalized spacial score (nSPS) is 14.0. The molecule has 2 N–H and O–H groups in total. The van der Waals surface area contributed by atoms with Crippen molar-refractivity contribution in [1.29, 1.82) is 0 Å². The lowest BCUT2D eigenvalue weighted by molar-refractivity contribution is -0.132. The van der Waals surface area contributed by atoms with Gasteiger partial charge in [0.2, 0.25) is 5.91 Å². The molecule has 28 heavy (non-hydrogen) atoms. The molecule has 0 atom stereocenters. The van der Waals surface area contributed by atoms with Gasteiger partial charge in [-0.05, 0) is 24.5 Å². The van der Waals surface area contributed by atoms with Crippen molar-refractivity contribution in [2.24, 2.45) is 5.10 Å². The van der Waals surface area contributed by atoms with E-state index >= 15 is 0 Å². The first kappa shape index (κ1) is 19.8. The third-order valence-electron chi connectivity index (χ3n) is 4.55. The van der Waals surface area contributed by atoms with Crippen LogP contribution in [-0.2, 0) is 22.6 Å². The molecule has 0 saturated carbocycles. The average Bonchev–Trinajstić information content (AvgIpc) is 2.99. The number of carboxylic acid groups (broad SMARTS) is 1. The van der Waals surface area contributed by atoms with Crippen LogP contribution < -0.4 is 5.32 Å². The summed E-state index contributed by atoms with van der Waals surface area (Å²) in [5.74, 6) is -1.69. The third-order valence-corrected chi connectivity index (χ3v) is 5.61. The Morgan fingerprint density at radius 2 is 1.96 bits per heavy atom. The van der Waals surface area contributed by atoms with Crippen LogP contribution in [0.15, 0.2) is 35.4 Å². The van der Waals surface area contributed by atoms with Crippen LogP contribution in [0.25, 0.3) is 0 Å². The molecular weight excluding hydrogens is 378 g/mol. The van der Waals surface area contributed by atoms with Crippen LogP contribution >= 0.6 is 11.3 Å². The fourth-order valence-electron chi connectivity index (χ4n) is 3.14. The molecular formula is C20H21N3O4S. The first-order valence-corrected chi connectivity index (χ1v) is 9.81. The Kier molecular flexibility index (Phi) is 5.89. The number of amides is 2. The summed E-state index contributed by atoms with van der Waals surface area (Å²) in [5, 5.41) is 18.0. The number of hydrazone groups is 1.